The number of aromatic nitrogens is 1. The molecular formula is C31H28N4O8S. The molecule has 3 heterocycles. The first-order chi connectivity index (χ1) is 21.0. The SMILES string of the molecule is CC(=O)OCC1=C(C(=O)O)N2C(=O)C(NC(=O)Cc3ccccc3NC(=O)c3ccc(-c4ccc(C)cc4)[nH]c3=O)[C@H]2SC1. The molecule has 1 saturated heterocycles. The van der Waals surface area contributed by atoms with Crippen LogP contribution in [0.4, 0.5) is 5.69 Å². The van der Waals surface area contributed by atoms with Gasteiger partial charge >= 0.3 is 11.9 Å². The van der Waals surface area contributed by atoms with E-state index in [1.807, 2.05) is 31.2 Å². The van der Waals surface area contributed by atoms with E-state index in [1.165, 1.54) is 24.8 Å². The number of carbonyl (C=O) groups is 5. The van der Waals surface area contributed by atoms with Gasteiger partial charge in [-0.05, 0) is 36.2 Å². The summed E-state index contributed by atoms with van der Waals surface area (Å²) in [7, 11) is 0. The van der Waals surface area contributed by atoms with Crippen molar-refractivity contribution in [2.75, 3.05) is 17.7 Å². The molecule has 0 aliphatic carbocycles. The molecule has 3 aromatic rings. The second-order valence-electron chi connectivity index (χ2n) is 10.3. The van der Waals surface area contributed by atoms with Crippen molar-refractivity contribution >= 4 is 47.1 Å². The topological polar surface area (TPSA) is 175 Å². The lowest BCUT2D eigenvalue weighted by atomic mass is 10.0. The van der Waals surface area contributed by atoms with Crippen LogP contribution < -0.4 is 16.2 Å². The van der Waals surface area contributed by atoms with Crippen molar-refractivity contribution in [3.8, 4) is 11.3 Å². The Kier molecular flexibility index (Phi) is 8.67. The van der Waals surface area contributed by atoms with Gasteiger partial charge in [0.25, 0.3) is 17.4 Å². The summed E-state index contributed by atoms with van der Waals surface area (Å²) in [5.41, 5.74) is 2.56. The van der Waals surface area contributed by atoms with E-state index in [0.717, 1.165) is 16.0 Å². The molecule has 5 rings (SSSR count). The second-order valence-corrected chi connectivity index (χ2v) is 11.4. The number of carboxylic acid groups (broad SMARTS) is 1. The van der Waals surface area contributed by atoms with Gasteiger partial charge in [0, 0.05) is 29.6 Å². The highest BCUT2D eigenvalue weighted by Gasteiger charge is 2.54. The lowest BCUT2D eigenvalue weighted by Gasteiger charge is -2.49. The number of carbonyl (C=O) groups excluding carboxylic acids is 4. The van der Waals surface area contributed by atoms with Crippen LogP contribution in [-0.4, -0.2) is 68.4 Å². The van der Waals surface area contributed by atoms with Crippen molar-refractivity contribution in [2.24, 2.45) is 0 Å². The van der Waals surface area contributed by atoms with Crippen molar-refractivity contribution in [3.05, 3.63) is 99.0 Å². The van der Waals surface area contributed by atoms with Gasteiger partial charge in [-0.2, -0.15) is 0 Å². The lowest BCUT2D eigenvalue weighted by Crippen LogP contribution is -2.70. The quantitative estimate of drug-likeness (QED) is 0.208. The molecule has 2 aliphatic rings. The van der Waals surface area contributed by atoms with Crippen LogP contribution in [0.1, 0.15) is 28.4 Å². The number of H-pyrrole nitrogens is 1. The summed E-state index contributed by atoms with van der Waals surface area (Å²) in [6.07, 6.45) is -0.195. The van der Waals surface area contributed by atoms with Gasteiger partial charge in [0.2, 0.25) is 5.91 Å². The Morgan fingerprint density at radius 1 is 1.05 bits per heavy atom. The number of aromatic amines is 1. The number of para-hydroxylation sites is 1. The third-order valence-corrected chi connectivity index (χ3v) is 8.49. The van der Waals surface area contributed by atoms with Crippen LogP contribution in [0.25, 0.3) is 11.3 Å². The third kappa shape index (κ3) is 6.27. The molecule has 0 bridgehead atoms. The Labute approximate surface area is 255 Å². The number of ether oxygens (including phenoxy) is 1. The summed E-state index contributed by atoms with van der Waals surface area (Å²) in [6.45, 7) is 2.91. The van der Waals surface area contributed by atoms with E-state index >= 15 is 0 Å². The number of aryl methyl sites for hydroxylation is 1. The number of rotatable bonds is 9. The minimum atomic E-state index is -1.33. The van der Waals surface area contributed by atoms with Crippen molar-refractivity contribution in [2.45, 2.75) is 31.7 Å². The molecule has 4 N–H and O–H groups in total. The maximum absolute atomic E-state index is 13.0. The number of esters is 1. The third-order valence-electron chi connectivity index (χ3n) is 7.15. The minimum absolute atomic E-state index is 0.107. The number of hydrogen-bond donors (Lipinski definition) is 4. The molecule has 0 radical (unpaired) electrons. The molecule has 1 aromatic heterocycles. The first-order valence-electron chi connectivity index (χ1n) is 13.6. The van der Waals surface area contributed by atoms with Crippen molar-refractivity contribution in [3.63, 3.8) is 0 Å². The van der Waals surface area contributed by atoms with Crippen molar-refractivity contribution in [1.29, 1.82) is 0 Å². The number of β-lactam (4-membered cyclic amide) rings is 1. The van der Waals surface area contributed by atoms with Gasteiger partial charge in [-0.25, -0.2) is 4.79 Å². The number of nitrogens with one attached hydrogen (secondary N) is 3. The van der Waals surface area contributed by atoms with Gasteiger partial charge in [0.1, 0.15) is 29.3 Å². The number of fused-ring (bicyclic) bond motifs is 1. The highest BCUT2D eigenvalue weighted by molar-refractivity contribution is 8.00. The number of carboxylic acids is 1. The fourth-order valence-electron chi connectivity index (χ4n) is 4.92. The van der Waals surface area contributed by atoms with Crippen LogP contribution in [0.3, 0.4) is 0 Å². The van der Waals surface area contributed by atoms with Crippen LogP contribution in [0.2, 0.25) is 0 Å². The molecule has 13 heteroatoms. The van der Waals surface area contributed by atoms with E-state index in [2.05, 4.69) is 15.6 Å². The Balaban J connectivity index is 1.24. The number of thioether (sulfide) groups is 1. The van der Waals surface area contributed by atoms with E-state index in [1.54, 1.807) is 30.3 Å². The Morgan fingerprint density at radius 3 is 2.45 bits per heavy atom. The summed E-state index contributed by atoms with van der Waals surface area (Å²) >= 11 is 1.25. The largest absolute Gasteiger partial charge is 0.477 e. The van der Waals surface area contributed by atoms with E-state index in [9.17, 15) is 33.9 Å². The molecule has 2 aromatic carbocycles. The van der Waals surface area contributed by atoms with Gasteiger partial charge in [0.05, 0.1) is 6.42 Å². The zero-order chi connectivity index (χ0) is 31.5. The van der Waals surface area contributed by atoms with Crippen molar-refractivity contribution in [1.82, 2.24) is 15.2 Å². The summed E-state index contributed by atoms with van der Waals surface area (Å²) in [6, 6.07) is 16.3. The molecule has 1 fully saturated rings. The van der Waals surface area contributed by atoms with Gasteiger partial charge in [-0.15, -0.1) is 11.8 Å². The lowest BCUT2D eigenvalue weighted by molar-refractivity contribution is -0.151. The Bertz CT molecular complexity index is 1760. The zero-order valence-electron chi connectivity index (χ0n) is 23.7. The molecule has 44 heavy (non-hydrogen) atoms. The maximum atomic E-state index is 13.0. The van der Waals surface area contributed by atoms with Crippen LogP contribution >= 0.6 is 11.8 Å². The highest BCUT2D eigenvalue weighted by atomic mass is 32.2. The number of anilines is 1. The van der Waals surface area contributed by atoms with Crippen molar-refractivity contribution < 1.29 is 33.8 Å². The monoisotopic (exact) mass is 616 g/mol. The van der Waals surface area contributed by atoms with E-state index < -0.39 is 46.6 Å². The van der Waals surface area contributed by atoms with E-state index in [0.29, 0.717) is 22.5 Å². The average Bonchev–Trinajstić information content (AvgIpc) is 2.99. The molecule has 12 nitrogen and oxygen atoms in total. The molecule has 2 aliphatic heterocycles. The van der Waals surface area contributed by atoms with Gasteiger partial charge < -0.3 is 25.5 Å². The second kappa shape index (κ2) is 12.6. The molecule has 0 spiro atoms. The smallest absolute Gasteiger partial charge is 0.352 e. The number of pyridine rings is 1. The normalized spacial score (nSPS) is 17.3. The number of aliphatic carboxylic acids is 1. The molecule has 226 valence electrons. The number of hydrogen-bond acceptors (Lipinski definition) is 8. The molecule has 2 atom stereocenters. The highest BCUT2D eigenvalue weighted by Crippen LogP contribution is 2.40. The van der Waals surface area contributed by atoms with Gasteiger partial charge in [-0.1, -0.05) is 48.0 Å². The predicted molar refractivity (Wildman–Crippen MR) is 162 cm³/mol. The van der Waals surface area contributed by atoms with Crippen LogP contribution in [0, 0.1) is 6.92 Å². The van der Waals surface area contributed by atoms with Gasteiger partial charge in [0.15, 0.2) is 0 Å². The predicted octanol–water partition coefficient (Wildman–Crippen LogP) is 2.45. The van der Waals surface area contributed by atoms with E-state index in [4.69, 9.17) is 4.74 Å². The Hall–Kier alpha value is -5.17. The maximum Gasteiger partial charge on any atom is 0.352 e. The Morgan fingerprint density at radius 2 is 1.77 bits per heavy atom. The summed E-state index contributed by atoms with van der Waals surface area (Å²) in [4.78, 5) is 78.6. The average molecular weight is 617 g/mol. The summed E-state index contributed by atoms with van der Waals surface area (Å²) in [5, 5.41) is 14.4. The number of benzene rings is 2. The van der Waals surface area contributed by atoms with Gasteiger partial charge in [-0.3, -0.25) is 28.9 Å². The number of amides is 3. The van der Waals surface area contributed by atoms with Crippen LogP contribution in [0.15, 0.2) is 76.7 Å². The van der Waals surface area contributed by atoms with E-state index in [-0.39, 0.29) is 30.0 Å². The molecule has 3 amide bonds. The molecule has 0 saturated carbocycles. The fourth-order valence-corrected chi connectivity index (χ4v) is 6.25. The summed E-state index contributed by atoms with van der Waals surface area (Å²) < 4.78 is 4.93. The summed E-state index contributed by atoms with van der Waals surface area (Å²) in [5.74, 6) is -3.47. The van der Waals surface area contributed by atoms with Crippen LogP contribution in [0.5, 0.6) is 0 Å². The fraction of sp³-hybridized carbons (Fsp3) is 0.226. The number of nitrogens with zero attached hydrogens (tertiary/aromatic N) is 1. The van der Waals surface area contributed by atoms with Crippen LogP contribution in [-0.2, 0) is 30.3 Å². The minimum Gasteiger partial charge on any atom is -0.477 e. The first kappa shape index (κ1) is 30.3. The molecular weight excluding hydrogens is 588 g/mol. The zero-order valence-corrected chi connectivity index (χ0v) is 24.5. The molecule has 1 unspecified atom stereocenters. The first-order valence-corrected chi connectivity index (χ1v) is 14.6. The standard InChI is InChI=1S/C31H28N4O8S/c1-16-7-9-18(10-8-16)23-12-11-21(28(39)33-23)27(38)32-22-6-4-3-5-19(22)13-24(37)34-25-29(40)35-26(31(41)42)20(14-43-17(2)36)15-44-30(25)35/h3-12,25,30H,13-15H2,1-2H3,(H,32,38)(H,33,39)(H,34,37)(H,41,42)/t25?,30-/m1/s1.